The second-order valence-corrected chi connectivity index (χ2v) is 3.19. The molecule has 0 radical (unpaired) electrons. The lowest BCUT2D eigenvalue weighted by Gasteiger charge is -2.18. The maximum atomic E-state index is 11.4. The predicted octanol–water partition coefficient (Wildman–Crippen LogP) is 0.966. The van der Waals surface area contributed by atoms with Crippen LogP contribution in [-0.4, -0.2) is 35.5 Å². The van der Waals surface area contributed by atoms with E-state index in [1.807, 2.05) is 6.92 Å². The number of hydrogen-bond acceptors (Lipinski definition) is 2. The summed E-state index contributed by atoms with van der Waals surface area (Å²) in [7, 11) is 1.72. The Bertz CT molecular complexity index is 191. The summed E-state index contributed by atoms with van der Waals surface area (Å²) in [4.78, 5) is 23.3. The van der Waals surface area contributed by atoms with Crippen LogP contribution in [0.5, 0.6) is 0 Å². The first-order valence-corrected chi connectivity index (χ1v) is 4.45. The van der Waals surface area contributed by atoms with Gasteiger partial charge in [0.15, 0.2) is 0 Å². The summed E-state index contributed by atoms with van der Waals surface area (Å²) in [6, 6.07) is 0. The lowest BCUT2D eigenvalue weighted by molar-refractivity contribution is -0.138. The Kier molecular flexibility index (Phi) is 5.11. The van der Waals surface area contributed by atoms with Crippen LogP contribution in [0.1, 0.15) is 26.7 Å². The third-order valence-corrected chi connectivity index (χ3v) is 2.06. The van der Waals surface area contributed by atoms with E-state index in [2.05, 4.69) is 0 Å². The molecule has 0 spiro atoms. The Hall–Kier alpha value is -1.06. The number of carboxylic acid groups (broad SMARTS) is 1. The van der Waals surface area contributed by atoms with E-state index in [0.717, 1.165) is 0 Å². The maximum absolute atomic E-state index is 11.4. The van der Waals surface area contributed by atoms with Crippen LogP contribution in [0.3, 0.4) is 0 Å². The Morgan fingerprint density at radius 3 is 2.38 bits per heavy atom. The molecular weight excluding hydrogens is 170 g/mol. The molecule has 4 heteroatoms. The van der Waals surface area contributed by atoms with Crippen molar-refractivity contribution in [2.45, 2.75) is 26.7 Å². The zero-order chi connectivity index (χ0) is 10.4. The molecule has 0 aromatic carbocycles. The zero-order valence-corrected chi connectivity index (χ0v) is 8.41. The van der Waals surface area contributed by atoms with Crippen molar-refractivity contribution >= 4 is 11.9 Å². The van der Waals surface area contributed by atoms with Crippen LogP contribution in [0.4, 0.5) is 0 Å². The molecule has 0 rings (SSSR count). The average Bonchev–Trinajstić information content (AvgIpc) is 2.11. The summed E-state index contributed by atoms with van der Waals surface area (Å²) in [6.07, 6.45) is 0.475. The molecule has 0 saturated heterocycles. The molecule has 1 atom stereocenters. The summed E-state index contributed by atoms with van der Waals surface area (Å²) in [5.41, 5.74) is 0. The highest BCUT2D eigenvalue weighted by Crippen LogP contribution is 2.08. The summed E-state index contributed by atoms with van der Waals surface area (Å²) in [5.74, 6) is -1.02. The predicted molar refractivity (Wildman–Crippen MR) is 49.3 cm³/mol. The lowest BCUT2D eigenvalue weighted by Crippen LogP contribution is -2.31. The van der Waals surface area contributed by atoms with Gasteiger partial charge in [-0.25, -0.2) is 0 Å². The molecule has 0 bridgehead atoms. The van der Waals surface area contributed by atoms with Crippen molar-refractivity contribution in [1.29, 1.82) is 0 Å². The number of carbonyl (C=O) groups is 2. The summed E-state index contributed by atoms with van der Waals surface area (Å²) in [6.45, 7) is 4.31. The highest BCUT2D eigenvalue weighted by atomic mass is 16.4. The van der Waals surface area contributed by atoms with Crippen molar-refractivity contribution in [1.82, 2.24) is 4.90 Å². The minimum absolute atomic E-state index is 0.0174. The van der Waals surface area contributed by atoms with E-state index >= 15 is 0 Å². The van der Waals surface area contributed by atoms with Crippen LogP contribution >= 0.6 is 0 Å². The quantitative estimate of drug-likeness (QED) is 0.697. The Labute approximate surface area is 78.5 Å². The van der Waals surface area contributed by atoms with Gasteiger partial charge in [-0.2, -0.15) is 0 Å². The fourth-order valence-corrected chi connectivity index (χ4v) is 0.996. The minimum atomic E-state index is -0.848. The van der Waals surface area contributed by atoms with Gasteiger partial charge in [0.25, 0.3) is 0 Å². The first-order valence-electron chi connectivity index (χ1n) is 4.45. The fraction of sp³-hybridized carbons (Fsp3) is 0.778. The van der Waals surface area contributed by atoms with Crippen LogP contribution in [0.2, 0.25) is 0 Å². The van der Waals surface area contributed by atoms with E-state index in [0.29, 0.717) is 13.0 Å². The normalized spacial score (nSPS) is 12.2. The molecule has 4 nitrogen and oxygen atoms in total. The molecule has 1 amide bonds. The first kappa shape index (κ1) is 11.9. The highest BCUT2D eigenvalue weighted by molar-refractivity contribution is 5.78. The number of nitrogens with zero attached hydrogens (tertiary/aromatic N) is 1. The van der Waals surface area contributed by atoms with Gasteiger partial charge in [-0.05, 0) is 13.3 Å². The molecule has 0 saturated carbocycles. The topological polar surface area (TPSA) is 57.6 Å². The molecular formula is C9H17NO3. The first-order chi connectivity index (χ1) is 5.99. The monoisotopic (exact) mass is 187 g/mol. The van der Waals surface area contributed by atoms with Crippen molar-refractivity contribution in [3.05, 3.63) is 0 Å². The molecule has 13 heavy (non-hydrogen) atoms. The second kappa shape index (κ2) is 5.56. The van der Waals surface area contributed by atoms with Gasteiger partial charge in [-0.3, -0.25) is 9.59 Å². The van der Waals surface area contributed by atoms with Crippen LogP contribution in [0.15, 0.2) is 0 Å². The molecule has 0 aromatic heterocycles. The zero-order valence-electron chi connectivity index (χ0n) is 8.41. The van der Waals surface area contributed by atoms with E-state index in [9.17, 15) is 9.59 Å². The lowest BCUT2D eigenvalue weighted by atomic mass is 10.0. The van der Waals surface area contributed by atoms with Crippen molar-refractivity contribution in [3.8, 4) is 0 Å². The van der Waals surface area contributed by atoms with Gasteiger partial charge >= 0.3 is 5.97 Å². The third kappa shape index (κ3) is 4.50. The SMILES string of the molecule is CCN(C)C(=O)C(C)CCC(=O)O. The molecule has 0 heterocycles. The summed E-state index contributed by atoms with van der Waals surface area (Å²) >= 11 is 0. The molecule has 1 N–H and O–H groups in total. The number of amides is 1. The molecule has 1 unspecified atom stereocenters. The van der Waals surface area contributed by atoms with Gasteiger partial charge in [0.2, 0.25) is 5.91 Å². The molecule has 0 aliphatic heterocycles. The van der Waals surface area contributed by atoms with E-state index in [1.54, 1.807) is 18.9 Å². The van der Waals surface area contributed by atoms with Gasteiger partial charge in [0.1, 0.15) is 0 Å². The Morgan fingerprint density at radius 1 is 1.46 bits per heavy atom. The van der Waals surface area contributed by atoms with E-state index in [4.69, 9.17) is 5.11 Å². The molecule has 0 aliphatic rings. The number of rotatable bonds is 5. The third-order valence-electron chi connectivity index (χ3n) is 2.06. The van der Waals surface area contributed by atoms with Crippen molar-refractivity contribution in [2.75, 3.05) is 13.6 Å². The molecule has 0 fully saturated rings. The largest absolute Gasteiger partial charge is 0.481 e. The van der Waals surface area contributed by atoms with E-state index in [1.165, 1.54) is 0 Å². The fourth-order valence-electron chi connectivity index (χ4n) is 0.996. The van der Waals surface area contributed by atoms with Crippen molar-refractivity contribution < 1.29 is 14.7 Å². The standard InChI is InChI=1S/C9H17NO3/c1-4-10(3)9(13)7(2)5-6-8(11)12/h7H,4-6H2,1-3H3,(H,11,12). The number of aliphatic carboxylic acids is 1. The van der Waals surface area contributed by atoms with Crippen molar-refractivity contribution in [3.63, 3.8) is 0 Å². The van der Waals surface area contributed by atoms with Gasteiger partial charge in [-0.15, -0.1) is 0 Å². The maximum Gasteiger partial charge on any atom is 0.303 e. The molecule has 76 valence electrons. The van der Waals surface area contributed by atoms with Gasteiger partial charge < -0.3 is 10.0 Å². The second-order valence-electron chi connectivity index (χ2n) is 3.19. The van der Waals surface area contributed by atoms with E-state index < -0.39 is 5.97 Å². The van der Waals surface area contributed by atoms with Crippen LogP contribution in [-0.2, 0) is 9.59 Å². The van der Waals surface area contributed by atoms with Crippen LogP contribution in [0, 0.1) is 5.92 Å². The van der Waals surface area contributed by atoms with Gasteiger partial charge in [0, 0.05) is 25.9 Å². The summed E-state index contributed by atoms with van der Waals surface area (Å²) in [5, 5.41) is 8.42. The van der Waals surface area contributed by atoms with E-state index in [-0.39, 0.29) is 18.2 Å². The highest BCUT2D eigenvalue weighted by Gasteiger charge is 2.16. The smallest absolute Gasteiger partial charge is 0.303 e. The minimum Gasteiger partial charge on any atom is -0.481 e. The Balaban J connectivity index is 3.89. The van der Waals surface area contributed by atoms with Gasteiger partial charge in [-0.1, -0.05) is 6.92 Å². The van der Waals surface area contributed by atoms with Crippen LogP contribution in [0.25, 0.3) is 0 Å². The number of hydrogen-bond donors (Lipinski definition) is 1. The molecule has 0 aromatic rings. The summed E-state index contributed by atoms with van der Waals surface area (Å²) < 4.78 is 0. The Morgan fingerprint density at radius 2 is 2.00 bits per heavy atom. The molecule has 0 aliphatic carbocycles. The van der Waals surface area contributed by atoms with Gasteiger partial charge in [0.05, 0.1) is 0 Å². The van der Waals surface area contributed by atoms with Crippen LogP contribution < -0.4 is 0 Å². The average molecular weight is 187 g/mol. The number of carbonyl (C=O) groups excluding carboxylic acids is 1. The number of carboxylic acids is 1. The van der Waals surface area contributed by atoms with Crippen molar-refractivity contribution in [2.24, 2.45) is 5.92 Å².